The summed E-state index contributed by atoms with van der Waals surface area (Å²) < 4.78 is 0. The monoisotopic (exact) mass is 298 g/mol. The van der Waals surface area contributed by atoms with E-state index >= 15 is 0 Å². The highest BCUT2D eigenvalue weighted by Gasteiger charge is 2.28. The van der Waals surface area contributed by atoms with Gasteiger partial charge in [0.1, 0.15) is 10.9 Å². The highest BCUT2D eigenvalue weighted by Crippen LogP contribution is 2.21. The van der Waals surface area contributed by atoms with E-state index < -0.39 is 5.92 Å². The van der Waals surface area contributed by atoms with Gasteiger partial charge in [-0.15, -0.1) is 11.3 Å². The molecule has 0 saturated heterocycles. The normalized spacial score (nSPS) is 15.2. The summed E-state index contributed by atoms with van der Waals surface area (Å²) >= 11 is 1.58. The van der Waals surface area contributed by atoms with Gasteiger partial charge in [-0.1, -0.05) is 25.9 Å². The van der Waals surface area contributed by atoms with Crippen LogP contribution >= 0.6 is 11.3 Å². The fraction of sp³-hybridized carbons (Fsp3) is 0.615. The third-order valence-electron chi connectivity index (χ3n) is 3.03. The van der Waals surface area contributed by atoms with E-state index in [4.69, 9.17) is 10.9 Å². The molecule has 2 unspecified atom stereocenters. The highest BCUT2D eigenvalue weighted by atomic mass is 32.1. The molecule has 6 nitrogen and oxygen atoms in total. The Balaban J connectivity index is 2.77. The van der Waals surface area contributed by atoms with Crippen molar-refractivity contribution in [2.75, 3.05) is 0 Å². The van der Waals surface area contributed by atoms with Gasteiger partial charge in [-0.25, -0.2) is 4.98 Å². The number of thiazole rings is 1. The van der Waals surface area contributed by atoms with Gasteiger partial charge < -0.3 is 16.3 Å². The summed E-state index contributed by atoms with van der Waals surface area (Å²) in [6.45, 7) is 7.64. The van der Waals surface area contributed by atoms with Crippen LogP contribution in [0.5, 0.6) is 0 Å². The molecule has 0 fully saturated rings. The lowest BCUT2D eigenvalue weighted by molar-refractivity contribution is -0.124. The number of nitrogens with two attached hydrogens (primary N) is 1. The molecule has 4 N–H and O–H groups in total. The van der Waals surface area contributed by atoms with E-state index in [-0.39, 0.29) is 23.7 Å². The average Bonchev–Trinajstić information content (AvgIpc) is 2.86. The zero-order valence-corrected chi connectivity index (χ0v) is 13.1. The second-order valence-corrected chi connectivity index (χ2v) is 6.14. The van der Waals surface area contributed by atoms with E-state index in [9.17, 15) is 4.79 Å². The van der Waals surface area contributed by atoms with Crippen LogP contribution in [-0.4, -0.2) is 21.9 Å². The number of nitrogens with zero attached hydrogens (tertiary/aromatic N) is 2. The quantitative estimate of drug-likeness (QED) is 0.323. The van der Waals surface area contributed by atoms with Crippen LogP contribution < -0.4 is 11.1 Å². The number of hydrogen-bond acceptors (Lipinski definition) is 5. The first-order valence-corrected chi connectivity index (χ1v) is 7.44. The summed E-state index contributed by atoms with van der Waals surface area (Å²) in [5.41, 5.74) is 5.59. The number of hydrogen-bond donors (Lipinski definition) is 3. The number of amidine groups is 1. The van der Waals surface area contributed by atoms with Crippen molar-refractivity contribution in [3.63, 3.8) is 0 Å². The Morgan fingerprint density at radius 3 is 2.65 bits per heavy atom. The molecule has 1 heterocycles. The van der Waals surface area contributed by atoms with Crippen molar-refractivity contribution < 1.29 is 10.0 Å². The number of aromatic nitrogens is 1. The minimum absolute atomic E-state index is 0.0550. The number of nitrogens with one attached hydrogen (secondary N) is 1. The minimum atomic E-state index is -0.645. The van der Waals surface area contributed by atoms with E-state index in [1.807, 2.05) is 27.0 Å². The molecular formula is C13H22N4O2S. The van der Waals surface area contributed by atoms with Crippen LogP contribution in [0.3, 0.4) is 0 Å². The van der Waals surface area contributed by atoms with Crippen molar-refractivity contribution in [2.24, 2.45) is 22.7 Å². The van der Waals surface area contributed by atoms with Gasteiger partial charge in [0.25, 0.3) is 0 Å². The summed E-state index contributed by atoms with van der Waals surface area (Å²) in [7, 11) is 0. The number of carbonyl (C=O) groups is 1. The Morgan fingerprint density at radius 2 is 2.20 bits per heavy atom. The van der Waals surface area contributed by atoms with Gasteiger partial charge in [0.2, 0.25) is 5.91 Å². The predicted molar refractivity (Wildman–Crippen MR) is 79.8 cm³/mol. The standard InChI is InChI=1S/C13H22N4O2S/c1-5-9-6-15-13(20-9)8(4)16-12(18)10(7(2)3)11(14)17-19/h6-8,10,19H,5H2,1-4H3,(H2,14,17)(H,16,18). The zero-order chi connectivity index (χ0) is 15.3. The Hall–Kier alpha value is -1.63. The summed E-state index contributed by atoms with van der Waals surface area (Å²) in [6, 6.07) is -0.194. The number of carbonyl (C=O) groups excluding carboxylic acids is 1. The molecular weight excluding hydrogens is 276 g/mol. The fourth-order valence-corrected chi connectivity index (χ4v) is 2.75. The molecule has 0 aliphatic rings. The molecule has 1 rings (SSSR count). The summed E-state index contributed by atoms with van der Waals surface area (Å²) in [6.07, 6.45) is 2.75. The van der Waals surface area contributed by atoms with Crippen molar-refractivity contribution in [1.82, 2.24) is 10.3 Å². The third-order valence-corrected chi connectivity index (χ3v) is 4.36. The lowest BCUT2D eigenvalue weighted by Crippen LogP contribution is -2.42. The van der Waals surface area contributed by atoms with Gasteiger partial charge in [0.15, 0.2) is 5.84 Å². The van der Waals surface area contributed by atoms with Crippen LogP contribution in [0, 0.1) is 11.8 Å². The van der Waals surface area contributed by atoms with Gasteiger partial charge in [-0.2, -0.15) is 0 Å². The Labute approximate surface area is 123 Å². The molecule has 112 valence electrons. The molecule has 2 atom stereocenters. The van der Waals surface area contributed by atoms with Gasteiger partial charge in [0, 0.05) is 11.1 Å². The molecule has 0 aromatic carbocycles. The Bertz CT molecular complexity index is 484. The highest BCUT2D eigenvalue weighted by molar-refractivity contribution is 7.11. The molecule has 0 radical (unpaired) electrons. The van der Waals surface area contributed by atoms with Crippen LogP contribution in [0.4, 0.5) is 0 Å². The predicted octanol–water partition coefficient (Wildman–Crippen LogP) is 1.90. The van der Waals surface area contributed by atoms with Gasteiger partial charge in [-0.05, 0) is 19.3 Å². The maximum atomic E-state index is 12.2. The average molecular weight is 298 g/mol. The van der Waals surface area contributed by atoms with Crippen molar-refractivity contribution in [2.45, 2.75) is 40.2 Å². The van der Waals surface area contributed by atoms with E-state index in [0.717, 1.165) is 11.4 Å². The first-order chi connectivity index (χ1) is 9.40. The van der Waals surface area contributed by atoms with Crippen molar-refractivity contribution in [3.8, 4) is 0 Å². The van der Waals surface area contributed by atoms with Gasteiger partial charge in [0.05, 0.1) is 6.04 Å². The van der Waals surface area contributed by atoms with E-state index in [2.05, 4.69) is 22.4 Å². The number of oxime groups is 1. The molecule has 0 bridgehead atoms. The van der Waals surface area contributed by atoms with Crippen LogP contribution in [0.15, 0.2) is 11.4 Å². The molecule has 0 aliphatic carbocycles. The lowest BCUT2D eigenvalue weighted by atomic mass is 9.93. The van der Waals surface area contributed by atoms with Gasteiger partial charge in [-0.3, -0.25) is 4.79 Å². The van der Waals surface area contributed by atoms with E-state index in [1.54, 1.807) is 11.3 Å². The molecule has 7 heteroatoms. The smallest absolute Gasteiger partial charge is 0.231 e. The molecule has 0 spiro atoms. The van der Waals surface area contributed by atoms with Crippen molar-refractivity contribution in [1.29, 1.82) is 0 Å². The summed E-state index contributed by atoms with van der Waals surface area (Å²) in [5, 5.41) is 15.4. The number of aryl methyl sites for hydroxylation is 1. The van der Waals surface area contributed by atoms with Crippen molar-refractivity contribution >= 4 is 23.1 Å². The second kappa shape index (κ2) is 7.23. The van der Waals surface area contributed by atoms with E-state index in [1.165, 1.54) is 4.88 Å². The fourth-order valence-electron chi connectivity index (χ4n) is 1.89. The maximum absolute atomic E-state index is 12.2. The topological polar surface area (TPSA) is 101 Å². The third kappa shape index (κ3) is 3.93. The molecule has 1 aromatic heterocycles. The number of rotatable bonds is 6. The van der Waals surface area contributed by atoms with Crippen LogP contribution in [-0.2, 0) is 11.2 Å². The first kappa shape index (κ1) is 16.4. The first-order valence-electron chi connectivity index (χ1n) is 6.63. The van der Waals surface area contributed by atoms with Crippen LogP contribution in [0.1, 0.15) is 43.6 Å². The lowest BCUT2D eigenvalue weighted by Gasteiger charge is -2.21. The van der Waals surface area contributed by atoms with Gasteiger partial charge >= 0.3 is 0 Å². The molecule has 0 aliphatic heterocycles. The molecule has 0 saturated carbocycles. The van der Waals surface area contributed by atoms with Crippen molar-refractivity contribution in [3.05, 3.63) is 16.1 Å². The molecule has 1 amide bonds. The summed E-state index contributed by atoms with van der Waals surface area (Å²) in [5.74, 6) is -1.03. The SMILES string of the molecule is CCc1cnc(C(C)NC(=O)C(C(N)=NO)C(C)C)s1. The maximum Gasteiger partial charge on any atom is 0.231 e. The van der Waals surface area contributed by atoms with E-state index in [0.29, 0.717) is 0 Å². The largest absolute Gasteiger partial charge is 0.409 e. The Morgan fingerprint density at radius 1 is 1.55 bits per heavy atom. The minimum Gasteiger partial charge on any atom is -0.409 e. The van der Waals surface area contributed by atoms with Crippen LogP contribution in [0.2, 0.25) is 0 Å². The molecule has 1 aromatic rings. The number of amides is 1. The zero-order valence-electron chi connectivity index (χ0n) is 12.3. The Kier molecular flexibility index (Phi) is 5.94. The van der Waals surface area contributed by atoms with Crippen LogP contribution in [0.25, 0.3) is 0 Å². The molecule has 20 heavy (non-hydrogen) atoms. The second-order valence-electron chi connectivity index (χ2n) is 5.00. The summed E-state index contributed by atoms with van der Waals surface area (Å²) in [4.78, 5) is 17.7.